The zero-order chi connectivity index (χ0) is 18.1. The minimum Gasteiger partial charge on any atom is -0.393 e. The molecule has 3 N–H and O–H groups in total. The molecule has 1 atom stereocenters. The van der Waals surface area contributed by atoms with Crippen LogP contribution in [-0.2, 0) is 9.47 Å². The largest absolute Gasteiger partial charge is 0.393 e. The Morgan fingerprint density at radius 2 is 1.08 bits per heavy atom. The monoisotopic (exact) mass is 348 g/mol. The quantitative estimate of drug-likeness (QED) is 0.260. The molecule has 0 aromatic carbocycles. The molecule has 146 valence electrons. The van der Waals surface area contributed by atoms with E-state index in [0.717, 1.165) is 38.5 Å². The van der Waals surface area contributed by atoms with E-state index in [1.165, 1.54) is 38.5 Å². The summed E-state index contributed by atoms with van der Waals surface area (Å²) in [4.78, 5) is 0. The predicted molar refractivity (Wildman–Crippen MR) is 96.7 cm³/mol. The van der Waals surface area contributed by atoms with Crippen LogP contribution < -0.4 is 0 Å². The van der Waals surface area contributed by atoms with Gasteiger partial charge in [0.1, 0.15) is 0 Å². The first kappa shape index (κ1) is 23.8. The molecule has 0 aromatic rings. The van der Waals surface area contributed by atoms with Crippen LogP contribution in [0.1, 0.15) is 90.9 Å². The van der Waals surface area contributed by atoms with Gasteiger partial charge in [-0.05, 0) is 12.8 Å². The maximum Gasteiger partial charge on any atom is 0.310 e. The van der Waals surface area contributed by atoms with Gasteiger partial charge in [-0.2, -0.15) is 0 Å². The number of aliphatic hydroxyl groups is 3. The SMILES string of the molecule is CCCCCCCCOC(O)(OCCCCCCCC)C(O)CO. The Kier molecular flexibility index (Phi) is 16.1. The summed E-state index contributed by atoms with van der Waals surface area (Å²) in [5, 5.41) is 29.2. The van der Waals surface area contributed by atoms with E-state index in [4.69, 9.17) is 14.6 Å². The van der Waals surface area contributed by atoms with Crippen LogP contribution in [0.15, 0.2) is 0 Å². The van der Waals surface area contributed by atoms with Crippen molar-refractivity contribution in [1.29, 1.82) is 0 Å². The van der Waals surface area contributed by atoms with Crippen LogP contribution in [0.2, 0.25) is 0 Å². The van der Waals surface area contributed by atoms with Crippen molar-refractivity contribution in [2.75, 3.05) is 19.8 Å². The average Bonchev–Trinajstić information content (AvgIpc) is 2.59. The second kappa shape index (κ2) is 16.3. The van der Waals surface area contributed by atoms with Gasteiger partial charge in [0.2, 0.25) is 0 Å². The van der Waals surface area contributed by atoms with Crippen molar-refractivity contribution < 1.29 is 24.8 Å². The second-order valence-corrected chi connectivity index (χ2v) is 6.56. The van der Waals surface area contributed by atoms with Gasteiger partial charge in [-0.15, -0.1) is 0 Å². The topological polar surface area (TPSA) is 79.2 Å². The summed E-state index contributed by atoms with van der Waals surface area (Å²) < 4.78 is 10.7. The van der Waals surface area contributed by atoms with Gasteiger partial charge in [-0.25, -0.2) is 0 Å². The van der Waals surface area contributed by atoms with Crippen LogP contribution in [0.25, 0.3) is 0 Å². The van der Waals surface area contributed by atoms with Gasteiger partial charge in [-0.1, -0.05) is 78.1 Å². The Hall–Kier alpha value is -0.200. The third-order valence-electron chi connectivity index (χ3n) is 4.21. The molecule has 0 radical (unpaired) electrons. The van der Waals surface area contributed by atoms with Gasteiger partial charge in [0, 0.05) is 0 Å². The Bertz CT molecular complexity index is 242. The lowest BCUT2D eigenvalue weighted by Gasteiger charge is -2.31. The fraction of sp³-hybridized carbons (Fsp3) is 1.00. The van der Waals surface area contributed by atoms with E-state index in [2.05, 4.69) is 13.8 Å². The lowest BCUT2D eigenvalue weighted by molar-refractivity contribution is -0.398. The molecule has 0 aliphatic rings. The van der Waals surface area contributed by atoms with Crippen LogP contribution in [0.5, 0.6) is 0 Å². The number of rotatable bonds is 18. The summed E-state index contributed by atoms with van der Waals surface area (Å²) in [5.41, 5.74) is 0. The molecule has 24 heavy (non-hydrogen) atoms. The van der Waals surface area contributed by atoms with Gasteiger partial charge >= 0.3 is 5.97 Å². The zero-order valence-electron chi connectivity index (χ0n) is 15.8. The second-order valence-electron chi connectivity index (χ2n) is 6.56. The smallest absolute Gasteiger partial charge is 0.310 e. The van der Waals surface area contributed by atoms with E-state index in [0.29, 0.717) is 13.2 Å². The average molecular weight is 349 g/mol. The molecular formula is C19H40O5. The first-order chi connectivity index (χ1) is 11.6. The maximum atomic E-state index is 10.3. The van der Waals surface area contributed by atoms with Crippen molar-refractivity contribution in [3.8, 4) is 0 Å². The Balaban J connectivity index is 3.91. The van der Waals surface area contributed by atoms with Gasteiger partial charge in [0.25, 0.3) is 0 Å². The molecular weight excluding hydrogens is 308 g/mol. The molecule has 0 aliphatic heterocycles. The molecule has 0 bridgehead atoms. The number of aliphatic hydroxyl groups excluding tert-OH is 2. The molecule has 0 saturated carbocycles. The zero-order valence-corrected chi connectivity index (χ0v) is 15.8. The lowest BCUT2D eigenvalue weighted by Crippen LogP contribution is -2.49. The molecule has 5 heteroatoms. The Morgan fingerprint density at radius 3 is 1.46 bits per heavy atom. The highest BCUT2D eigenvalue weighted by molar-refractivity contribution is 4.67. The highest BCUT2D eigenvalue weighted by Crippen LogP contribution is 2.18. The van der Waals surface area contributed by atoms with Gasteiger partial charge in [-0.3, -0.25) is 0 Å². The molecule has 0 aliphatic carbocycles. The van der Waals surface area contributed by atoms with Crippen molar-refractivity contribution in [2.45, 2.75) is 103 Å². The first-order valence-electron chi connectivity index (χ1n) is 9.89. The van der Waals surface area contributed by atoms with E-state index < -0.39 is 18.7 Å². The van der Waals surface area contributed by atoms with Crippen molar-refractivity contribution in [3.05, 3.63) is 0 Å². The lowest BCUT2D eigenvalue weighted by atomic mass is 10.1. The number of ether oxygens (including phenoxy) is 2. The van der Waals surface area contributed by atoms with E-state index in [9.17, 15) is 10.2 Å². The van der Waals surface area contributed by atoms with E-state index in [1.807, 2.05) is 0 Å². The molecule has 0 fully saturated rings. The van der Waals surface area contributed by atoms with Crippen LogP contribution in [0, 0.1) is 0 Å². The third-order valence-corrected chi connectivity index (χ3v) is 4.21. The van der Waals surface area contributed by atoms with Crippen molar-refractivity contribution in [3.63, 3.8) is 0 Å². The summed E-state index contributed by atoms with van der Waals surface area (Å²) in [5.74, 6) is -2.10. The van der Waals surface area contributed by atoms with E-state index in [1.54, 1.807) is 0 Å². The van der Waals surface area contributed by atoms with Gasteiger partial charge in [0.05, 0.1) is 19.8 Å². The van der Waals surface area contributed by atoms with E-state index >= 15 is 0 Å². The summed E-state index contributed by atoms with van der Waals surface area (Å²) in [6.45, 7) is 4.40. The Morgan fingerprint density at radius 1 is 0.708 bits per heavy atom. The van der Waals surface area contributed by atoms with Crippen molar-refractivity contribution in [2.24, 2.45) is 0 Å². The molecule has 5 nitrogen and oxygen atoms in total. The summed E-state index contributed by atoms with van der Waals surface area (Å²) in [6.07, 6.45) is 11.9. The first-order valence-corrected chi connectivity index (χ1v) is 9.89. The van der Waals surface area contributed by atoms with Crippen LogP contribution in [0.3, 0.4) is 0 Å². The standard InChI is InChI=1S/C19H40O5/c1-3-5-7-9-11-13-15-23-19(22,18(21)17-20)24-16-14-12-10-8-6-4-2/h18,20-22H,3-17H2,1-2H3. The Labute approximate surface area is 148 Å². The molecule has 0 heterocycles. The van der Waals surface area contributed by atoms with Crippen LogP contribution in [-0.4, -0.2) is 47.2 Å². The predicted octanol–water partition coefficient (Wildman–Crippen LogP) is 3.74. The minimum absolute atomic E-state index is 0.316. The summed E-state index contributed by atoms with van der Waals surface area (Å²) in [6, 6.07) is 0. The number of unbranched alkanes of at least 4 members (excludes halogenated alkanes) is 10. The fourth-order valence-corrected chi connectivity index (χ4v) is 2.55. The molecule has 0 spiro atoms. The summed E-state index contributed by atoms with van der Waals surface area (Å²) >= 11 is 0. The molecule has 1 unspecified atom stereocenters. The minimum atomic E-state index is -2.10. The highest BCUT2D eigenvalue weighted by atomic mass is 16.8. The maximum absolute atomic E-state index is 10.3. The van der Waals surface area contributed by atoms with Crippen LogP contribution in [0.4, 0.5) is 0 Å². The molecule has 0 saturated heterocycles. The molecule has 0 amide bonds. The summed E-state index contributed by atoms with van der Waals surface area (Å²) in [7, 11) is 0. The highest BCUT2D eigenvalue weighted by Gasteiger charge is 2.38. The van der Waals surface area contributed by atoms with Crippen LogP contribution >= 0.6 is 0 Å². The van der Waals surface area contributed by atoms with Gasteiger partial charge < -0.3 is 24.8 Å². The van der Waals surface area contributed by atoms with Crippen molar-refractivity contribution in [1.82, 2.24) is 0 Å². The van der Waals surface area contributed by atoms with Crippen molar-refractivity contribution >= 4 is 0 Å². The van der Waals surface area contributed by atoms with E-state index in [-0.39, 0.29) is 0 Å². The third kappa shape index (κ3) is 12.2. The molecule has 0 rings (SSSR count). The fourth-order valence-electron chi connectivity index (χ4n) is 2.55. The normalized spacial score (nSPS) is 13.4. The number of hydrogen-bond donors (Lipinski definition) is 3. The molecule has 0 aromatic heterocycles. The van der Waals surface area contributed by atoms with Gasteiger partial charge in [0.15, 0.2) is 6.10 Å². The number of hydrogen-bond acceptors (Lipinski definition) is 5.